The van der Waals surface area contributed by atoms with E-state index in [2.05, 4.69) is 133 Å². The number of methoxy groups -OCH3 is 2. The average Bonchev–Trinajstić information content (AvgIpc) is 3.24. The van der Waals surface area contributed by atoms with E-state index in [1.54, 1.807) is 0 Å². The summed E-state index contributed by atoms with van der Waals surface area (Å²) in [6, 6.07) is 50.8. The summed E-state index contributed by atoms with van der Waals surface area (Å²) in [7, 11) is 2.76. The number of carbonyl (C=O) groups excluding carboxylic acids is 2. The minimum absolute atomic E-state index is 0.205. The third-order valence-corrected chi connectivity index (χ3v) is 11.6. The number of esters is 2. The average molecular weight is 695 g/mol. The van der Waals surface area contributed by atoms with Gasteiger partial charge in [-0.05, 0) is 97.0 Å². The Labute approximate surface area is 308 Å². The predicted molar refractivity (Wildman–Crippen MR) is 224 cm³/mol. The molecule has 0 atom stereocenters. The van der Waals surface area contributed by atoms with Gasteiger partial charge >= 0.3 is 11.9 Å². The molecule has 0 aliphatic rings. The molecule has 0 spiro atoms. The second-order valence-electron chi connectivity index (χ2n) is 14.1. The molecule has 254 valence electrons. The van der Waals surface area contributed by atoms with E-state index >= 15 is 0 Å². The van der Waals surface area contributed by atoms with Gasteiger partial charge in [-0.3, -0.25) is 0 Å². The summed E-state index contributed by atoms with van der Waals surface area (Å²) in [4.78, 5) is 29.0. The minimum atomic E-state index is -0.593. The van der Waals surface area contributed by atoms with Crippen molar-refractivity contribution < 1.29 is 19.1 Å². The molecule has 0 amide bonds. The fourth-order valence-corrected chi connectivity index (χ4v) is 9.44. The number of hydrogen-bond donors (Lipinski definition) is 0. The number of ether oxygens (including phenoxy) is 2. The molecule has 11 rings (SSSR count). The van der Waals surface area contributed by atoms with Crippen LogP contribution in [0.4, 0.5) is 0 Å². The van der Waals surface area contributed by atoms with Gasteiger partial charge in [0, 0.05) is 10.8 Å². The maximum Gasteiger partial charge on any atom is 0.339 e. The van der Waals surface area contributed by atoms with Crippen LogP contribution in [0, 0.1) is 0 Å². The molecule has 11 aromatic carbocycles. The van der Waals surface area contributed by atoms with Crippen molar-refractivity contribution >= 4 is 120 Å². The van der Waals surface area contributed by atoms with Crippen molar-refractivity contribution in [3.05, 3.63) is 157 Å². The third-order valence-electron chi connectivity index (χ3n) is 11.6. The second kappa shape index (κ2) is 11.2. The number of fused-ring (bicyclic) bond motifs is 21. The molecule has 0 bridgehead atoms. The number of rotatable bonds is 2. The normalized spacial score (nSPS) is 12.0. The highest BCUT2D eigenvalue weighted by molar-refractivity contribution is 6.49. The smallest absolute Gasteiger partial charge is 0.339 e. The highest BCUT2D eigenvalue weighted by Gasteiger charge is 2.32. The molecule has 54 heavy (non-hydrogen) atoms. The quantitative estimate of drug-likeness (QED) is 0.133. The Morgan fingerprint density at radius 2 is 0.556 bits per heavy atom. The van der Waals surface area contributed by atoms with E-state index in [4.69, 9.17) is 9.47 Å². The molecular weight excluding hydrogens is 665 g/mol. The van der Waals surface area contributed by atoms with Crippen LogP contribution in [-0.2, 0) is 9.47 Å². The van der Waals surface area contributed by atoms with Crippen molar-refractivity contribution in [3.8, 4) is 0 Å². The van der Waals surface area contributed by atoms with Gasteiger partial charge in [-0.2, -0.15) is 0 Å². The van der Waals surface area contributed by atoms with Crippen molar-refractivity contribution in [2.24, 2.45) is 0 Å². The van der Waals surface area contributed by atoms with Crippen molar-refractivity contribution in [2.45, 2.75) is 0 Å². The first-order valence-electron chi connectivity index (χ1n) is 18.1. The first-order chi connectivity index (χ1) is 26.6. The molecule has 0 saturated heterocycles. The van der Waals surface area contributed by atoms with Crippen LogP contribution in [0.1, 0.15) is 20.7 Å². The van der Waals surface area contributed by atoms with Crippen LogP contribution in [0.2, 0.25) is 0 Å². The maximum atomic E-state index is 14.5. The summed E-state index contributed by atoms with van der Waals surface area (Å²) >= 11 is 0. The summed E-state index contributed by atoms with van der Waals surface area (Å²) in [5.41, 5.74) is 0.411. The third kappa shape index (κ3) is 3.92. The largest absolute Gasteiger partial charge is 0.465 e. The highest BCUT2D eigenvalue weighted by atomic mass is 16.5. The molecule has 0 heterocycles. The van der Waals surface area contributed by atoms with Crippen molar-refractivity contribution in [2.75, 3.05) is 14.2 Å². The summed E-state index contributed by atoms with van der Waals surface area (Å²) < 4.78 is 11.3. The number of carbonyl (C=O) groups is 2. The lowest BCUT2D eigenvalue weighted by Crippen LogP contribution is -2.14. The molecule has 0 saturated carbocycles. The van der Waals surface area contributed by atoms with Crippen LogP contribution in [-0.4, -0.2) is 26.2 Å². The monoisotopic (exact) mass is 694 g/mol. The Kier molecular flexibility index (Phi) is 6.36. The van der Waals surface area contributed by atoms with E-state index < -0.39 is 11.9 Å². The SMILES string of the molecule is COC(=O)c1c(C(=O)OC)c2c3ccc4ccccc4c3c3c4ccccc4ccc3c2c2c3ccc4ccccc4c3c3c4ccccc4ccc3c12. The first kappa shape index (κ1) is 30.6. The Morgan fingerprint density at radius 3 is 0.833 bits per heavy atom. The zero-order chi connectivity index (χ0) is 36.2. The van der Waals surface area contributed by atoms with Gasteiger partial charge in [0.15, 0.2) is 0 Å². The first-order valence-corrected chi connectivity index (χ1v) is 18.1. The van der Waals surface area contributed by atoms with Crippen LogP contribution in [0.15, 0.2) is 146 Å². The van der Waals surface area contributed by atoms with Gasteiger partial charge in [0.05, 0.1) is 25.3 Å². The predicted octanol–water partition coefficient (Wildman–Crippen LogP) is 12.8. The minimum Gasteiger partial charge on any atom is -0.465 e. The van der Waals surface area contributed by atoms with Gasteiger partial charge in [0.1, 0.15) is 0 Å². The van der Waals surface area contributed by atoms with E-state index in [1.165, 1.54) is 14.2 Å². The molecule has 4 heteroatoms. The summed E-state index contributed by atoms with van der Waals surface area (Å²) in [5.74, 6) is -1.19. The molecule has 4 nitrogen and oxygen atoms in total. The fraction of sp³-hybridized carbons (Fsp3) is 0.0400. The van der Waals surface area contributed by atoms with Crippen molar-refractivity contribution in [1.82, 2.24) is 0 Å². The van der Waals surface area contributed by atoms with E-state index in [0.29, 0.717) is 10.8 Å². The fourth-order valence-electron chi connectivity index (χ4n) is 9.44. The molecule has 0 unspecified atom stereocenters. The van der Waals surface area contributed by atoms with E-state index in [-0.39, 0.29) is 11.1 Å². The van der Waals surface area contributed by atoms with Gasteiger partial charge in [-0.25, -0.2) is 9.59 Å². The lowest BCUT2D eigenvalue weighted by atomic mass is 9.79. The Balaban J connectivity index is 1.60. The lowest BCUT2D eigenvalue weighted by Gasteiger charge is -2.23. The summed E-state index contributed by atoms with van der Waals surface area (Å²) in [6.45, 7) is 0. The van der Waals surface area contributed by atoms with Crippen molar-refractivity contribution in [1.29, 1.82) is 0 Å². The lowest BCUT2D eigenvalue weighted by molar-refractivity contribution is 0.0559. The Bertz CT molecular complexity index is 3270. The van der Waals surface area contributed by atoms with Crippen LogP contribution in [0.5, 0.6) is 0 Å². The molecule has 0 radical (unpaired) electrons. The van der Waals surface area contributed by atoms with Gasteiger partial charge in [0.2, 0.25) is 0 Å². The molecule has 11 aromatic rings. The number of hydrogen-bond acceptors (Lipinski definition) is 4. The number of benzene rings is 11. The highest BCUT2D eigenvalue weighted by Crippen LogP contribution is 2.52. The van der Waals surface area contributed by atoms with Gasteiger partial charge in [0.25, 0.3) is 0 Å². The van der Waals surface area contributed by atoms with E-state index in [9.17, 15) is 9.59 Å². The Morgan fingerprint density at radius 1 is 0.296 bits per heavy atom. The van der Waals surface area contributed by atoms with Gasteiger partial charge < -0.3 is 9.47 Å². The maximum absolute atomic E-state index is 14.5. The van der Waals surface area contributed by atoms with Crippen LogP contribution in [0.25, 0.3) is 108 Å². The second-order valence-corrected chi connectivity index (χ2v) is 14.1. The molecule has 0 fully saturated rings. The zero-order valence-electron chi connectivity index (χ0n) is 29.5. The van der Waals surface area contributed by atoms with Gasteiger partial charge in [-0.15, -0.1) is 0 Å². The van der Waals surface area contributed by atoms with E-state index in [1.807, 2.05) is 12.1 Å². The van der Waals surface area contributed by atoms with E-state index in [0.717, 1.165) is 97.0 Å². The van der Waals surface area contributed by atoms with Crippen LogP contribution < -0.4 is 0 Å². The molecule has 0 aromatic heterocycles. The summed E-state index contributed by atoms with van der Waals surface area (Å²) in [6.07, 6.45) is 0. The molecular formula is C50H30O4. The Hall–Kier alpha value is -7.04. The molecule has 0 aliphatic carbocycles. The topological polar surface area (TPSA) is 52.6 Å². The van der Waals surface area contributed by atoms with Crippen LogP contribution >= 0.6 is 0 Å². The van der Waals surface area contributed by atoms with Crippen LogP contribution in [0.3, 0.4) is 0 Å². The zero-order valence-corrected chi connectivity index (χ0v) is 29.5. The summed E-state index contributed by atoms with van der Waals surface area (Å²) in [5, 5.41) is 19.9. The molecule has 0 aliphatic heterocycles. The van der Waals surface area contributed by atoms with Gasteiger partial charge in [-0.1, -0.05) is 146 Å². The molecule has 0 N–H and O–H groups in total. The standard InChI is InChI=1S/C50H30O4/c1-53-49(51)47-45-37-25-21-29-13-5-9-17-33(29)41(37)39-31-15-7-3-11-27(31)19-23-35(39)43(45)44-36-24-20-28-12-4-8-16-32(28)40(36)42-34-18-10-6-14-30(34)22-26-38(42)46(44)48(47)50(52)54-2/h3-26H,1-2H3. The van der Waals surface area contributed by atoms with Crippen molar-refractivity contribution in [3.63, 3.8) is 0 Å².